The topological polar surface area (TPSA) is 96.3 Å². The Labute approximate surface area is 150 Å². The zero-order valence-corrected chi connectivity index (χ0v) is 14.5. The van der Waals surface area contributed by atoms with Crippen molar-refractivity contribution in [2.24, 2.45) is 0 Å². The van der Waals surface area contributed by atoms with E-state index in [1.165, 1.54) is 22.3 Å². The van der Waals surface area contributed by atoms with Crippen molar-refractivity contribution in [3.63, 3.8) is 0 Å². The molecule has 3 aromatic heterocycles. The summed E-state index contributed by atoms with van der Waals surface area (Å²) in [5, 5.41) is 2.20. The smallest absolute Gasteiger partial charge is 0.289 e. The van der Waals surface area contributed by atoms with Crippen LogP contribution in [0.4, 0.5) is 0 Å². The number of hydrogen-bond acceptors (Lipinski definition) is 6. The van der Waals surface area contributed by atoms with Gasteiger partial charge in [-0.2, -0.15) is 0 Å². The number of H-pyrrole nitrogens is 1. The van der Waals surface area contributed by atoms with Gasteiger partial charge in [-0.1, -0.05) is 12.1 Å². The average Bonchev–Trinajstić information content (AvgIpc) is 3.10. The summed E-state index contributed by atoms with van der Waals surface area (Å²) in [6, 6.07) is 9.67. The number of aromatic nitrogens is 2. The van der Waals surface area contributed by atoms with Gasteiger partial charge in [0.25, 0.3) is 11.5 Å². The SMILES string of the molecule is CN(Cc1nc2ccsc2c(=O)[nH]1)C(=O)c1cc(=O)c2ccccc2o1. The maximum Gasteiger partial charge on any atom is 0.289 e. The molecule has 0 bridgehead atoms. The number of hydrogen-bond donors (Lipinski definition) is 1. The van der Waals surface area contributed by atoms with Gasteiger partial charge in [0.1, 0.15) is 16.1 Å². The number of nitrogens with one attached hydrogen (secondary N) is 1. The largest absolute Gasteiger partial charge is 0.451 e. The zero-order valence-electron chi connectivity index (χ0n) is 13.7. The highest BCUT2D eigenvalue weighted by atomic mass is 32.1. The van der Waals surface area contributed by atoms with Crippen molar-refractivity contribution in [3.05, 3.63) is 73.9 Å². The maximum absolute atomic E-state index is 12.6. The first kappa shape index (κ1) is 16.2. The van der Waals surface area contributed by atoms with Crippen LogP contribution in [0, 0.1) is 0 Å². The maximum atomic E-state index is 12.6. The van der Waals surface area contributed by atoms with Crippen LogP contribution in [-0.2, 0) is 6.54 Å². The van der Waals surface area contributed by atoms with Gasteiger partial charge < -0.3 is 14.3 Å². The summed E-state index contributed by atoms with van der Waals surface area (Å²) in [5.74, 6) is -0.170. The molecule has 8 heteroatoms. The van der Waals surface area contributed by atoms with Crippen molar-refractivity contribution in [3.8, 4) is 0 Å². The number of carbonyl (C=O) groups excluding carboxylic acids is 1. The highest BCUT2D eigenvalue weighted by molar-refractivity contribution is 7.17. The Balaban J connectivity index is 1.65. The molecule has 7 nitrogen and oxygen atoms in total. The van der Waals surface area contributed by atoms with Crippen LogP contribution < -0.4 is 11.0 Å². The first-order valence-corrected chi connectivity index (χ1v) is 8.65. The van der Waals surface area contributed by atoms with Crippen LogP contribution in [0.1, 0.15) is 16.4 Å². The molecule has 0 atom stereocenters. The molecule has 130 valence electrons. The van der Waals surface area contributed by atoms with E-state index in [-0.39, 0.29) is 23.3 Å². The van der Waals surface area contributed by atoms with E-state index in [0.29, 0.717) is 27.0 Å². The van der Waals surface area contributed by atoms with E-state index < -0.39 is 5.91 Å². The fourth-order valence-electron chi connectivity index (χ4n) is 2.69. The van der Waals surface area contributed by atoms with Gasteiger partial charge in [-0.15, -0.1) is 11.3 Å². The summed E-state index contributed by atoms with van der Waals surface area (Å²) in [6.45, 7) is 0.0798. The summed E-state index contributed by atoms with van der Waals surface area (Å²) in [4.78, 5) is 45.2. The number of fused-ring (bicyclic) bond motifs is 2. The van der Waals surface area contributed by atoms with Crippen molar-refractivity contribution < 1.29 is 9.21 Å². The van der Waals surface area contributed by atoms with Crippen molar-refractivity contribution >= 4 is 38.4 Å². The molecule has 0 aliphatic carbocycles. The van der Waals surface area contributed by atoms with E-state index in [1.807, 2.05) is 0 Å². The number of thiophene rings is 1. The van der Waals surface area contributed by atoms with Crippen LogP contribution in [0.3, 0.4) is 0 Å². The van der Waals surface area contributed by atoms with Gasteiger partial charge in [-0.25, -0.2) is 4.98 Å². The van der Waals surface area contributed by atoms with E-state index in [1.54, 1.807) is 42.8 Å². The Kier molecular flexibility index (Phi) is 3.89. The highest BCUT2D eigenvalue weighted by Gasteiger charge is 2.18. The molecule has 0 unspecified atom stereocenters. The molecule has 0 aliphatic rings. The molecule has 0 aliphatic heterocycles. The summed E-state index contributed by atoms with van der Waals surface area (Å²) in [6.07, 6.45) is 0. The number of benzene rings is 1. The molecule has 4 rings (SSSR count). The minimum Gasteiger partial charge on any atom is -0.451 e. The van der Waals surface area contributed by atoms with Gasteiger partial charge in [0, 0.05) is 13.1 Å². The monoisotopic (exact) mass is 367 g/mol. The molecule has 1 aromatic carbocycles. The van der Waals surface area contributed by atoms with Crippen LogP contribution in [0.5, 0.6) is 0 Å². The van der Waals surface area contributed by atoms with Crippen molar-refractivity contribution in [2.45, 2.75) is 6.54 Å². The van der Waals surface area contributed by atoms with E-state index in [2.05, 4.69) is 9.97 Å². The molecular formula is C18H13N3O4S. The standard InChI is InChI=1S/C18H13N3O4S/c1-21(9-15-19-11-6-7-26-16(11)17(23)20-15)18(24)14-8-12(22)10-4-2-3-5-13(10)25-14/h2-8H,9H2,1H3,(H,19,20,23). The number of nitrogens with zero attached hydrogens (tertiary/aromatic N) is 2. The number of carbonyl (C=O) groups is 1. The van der Waals surface area contributed by atoms with Gasteiger partial charge in [0.15, 0.2) is 11.2 Å². The fraction of sp³-hybridized carbons (Fsp3) is 0.111. The number of aromatic amines is 1. The second-order valence-corrected chi connectivity index (χ2v) is 6.70. The quantitative estimate of drug-likeness (QED) is 0.600. The lowest BCUT2D eigenvalue weighted by Gasteiger charge is -2.15. The van der Waals surface area contributed by atoms with Crippen LogP contribution in [0.25, 0.3) is 21.2 Å². The molecule has 0 radical (unpaired) electrons. The Hall–Kier alpha value is -3.26. The van der Waals surface area contributed by atoms with Crippen molar-refractivity contribution in [1.29, 1.82) is 0 Å². The lowest BCUT2D eigenvalue weighted by molar-refractivity contribution is 0.0750. The predicted octanol–water partition coefficient (Wildman–Crippen LogP) is 2.36. The Morgan fingerprint density at radius 3 is 2.92 bits per heavy atom. The Morgan fingerprint density at radius 2 is 2.08 bits per heavy atom. The van der Waals surface area contributed by atoms with E-state index in [4.69, 9.17) is 4.42 Å². The molecule has 3 heterocycles. The Morgan fingerprint density at radius 1 is 1.27 bits per heavy atom. The van der Waals surface area contributed by atoms with Gasteiger partial charge in [-0.3, -0.25) is 14.4 Å². The molecule has 0 fully saturated rings. The van der Waals surface area contributed by atoms with Crippen LogP contribution in [0.2, 0.25) is 0 Å². The van der Waals surface area contributed by atoms with Crippen LogP contribution >= 0.6 is 11.3 Å². The lowest BCUT2D eigenvalue weighted by atomic mass is 10.2. The number of amides is 1. The van der Waals surface area contributed by atoms with E-state index in [0.717, 1.165) is 0 Å². The number of para-hydroxylation sites is 1. The molecule has 26 heavy (non-hydrogen) atoms. The highest BCUT2D eigenvalue weighted by Crippen LogP contribution is 2.15. The third kappa shape index (κ3) is 2.80. The first-order valence-electron chi connectivity index (χ1n) is 7.77. The first-order chi connectivity index (χ1) is 12.5. The fourth-order valence-corrected chi connectivity index (χ4v) is 3.42. The second kappa shape index (κ2) is 6.23. The summed E-state index contributed by atoms with van der Waals surface area (Å²) in [5.41, 5.74) is 0.419. The molecule has 1 amide bonds. The number of rotatable bonds is 3. The second-order valence-electron chi connectivity index (χ2n) is 5.78. The van der Waals surface area contributed by atoms with Crippen LogP contribution in [-0.4, -0.2) is 27.8 Å². The summed E-state index contributed by atoms with van der Waals surface area (Å²) in [7, 11) is 1.55. The summed E-state index contributed by atoms with van der Waals surface area (Å²) < 4.78 is 6.11. The molecule has 0 saturated carbocycles. The minimum absolute atomic E-state index is 0.0600. The predicted molar refractivity (Wildman–Crippen MR) is 98.5 cm³/mol. The molecular weight excluding hydrogens is 354 g/mol. The van der Waals surface area contributed by atoms with Crippen LogP contribution in [0.15, 0.2) is 55.8 Å². The van der Waals surface area contributed by atoms with Crippen molar-refractivity contribution in [1.82, 2.24) is 14.9 Å². The van der Waals surface area contributed by atoms with Gasteiger partial charge in [0.05, 0.1) is 17.4 Å². The van der Waals surface area contributed by atoms with E-state index >= 15 is 0 Å². The normalized spacial score (nSPS) is 11.1. The lowest BCUT2D eigenvalue weighted by Crippen LogP contribution is -2.29. The third-order valence-corrected chi connectivity index (χ3v) is 4.85. The van der Waals surface area contributed by atoms with Gasteiger partial charge in [0.2, 0.25) is 0 Å². The minimum atomic E-state index is -0.471. The molecule has 0 saturated heterocycles. The average molecular weight is 367 g/mol. The molecule has 1 N–H and O–H groups in total. The van der Waals surface area contributed by atoms with E-state index in [9.17, 15) is 14.4 Å². The van der Waals surface area contributed by atoms with Gasteiger partial charge >= 0.3 is 0 Å². The summed E-state index contributed by atoms with van der Waals surface area (Å²) >= 11 is 1.31. The molecule has 0 spiro atoms. The third-order valence-electron chi connectivity index (χ3n) is 3.94. The Bertz CT molecular complexity index is 1250. The molecule has 4 aromatic rings. The van der Waals surface area contributed by atoms with Gasteiger partial charge in [-0.05, 0) is 23.6 Å². The zero-order chi connectivity index (χ0) is 18.3. The van der Waals surface area contributed by atoms with Crippen molar-refractivity contribution in [2.75, 3.05) is 7.05 Å².